The molecule has 1 aromatic carbocycles. The summed E-state index contributed by atoms with van der Waals surface area (Å²) in [5.41, 5.74) is 1.21. The fourth-order valence-corrected chi connectivity index (χ4v) is 1.24. The van der Waals surface area contributed by atoms with Crippen LogP contribution in [0.15, 0.2) is 36.4 Å². The second kappa shape index (κ2) is 7.25. The molecule has 0 aliphatic carbocycles. The van der Waals surface area contributed by atoms with Crippen molar-refractivity contribution in [1.82, 2.24) is 0 Å². The zero-order valence-electron chi connectivity index (χ0n) is 10.5. The summed E-state index contributed by atoms with van der Waals surface area (Å²) in [6.45, 7) is 4.01. The second-order valence-electron chi connectivity index (χ2n) is 3.72. The number of amides is 1. The summed E-state index contributed by atoms with van der Waals surface area (Å²) in [7, 11) is 0. The first kappa shape index (κ1) is 13.9. The molecule has 0 aliphatic rings. The van der Waals surface area contributed by atoms with Gasteiger partial charge in [0.05, 0.1) is 18.2 Å². The summed E-state index contributed by atoms with van der Waals surface area (Å²) >= 11 is 0. The Kier molecular flexibility index (Phi) is 5.62. The van der Waals surface area contributed by atoms with Crippen molar-refractivity contribution in [3.05, 3.63) is 42.0 Å². The van der Waals surface area contributed by atoms with Gasteiger partial charge in [0.25, 0.3) is 5.91 Å². The molecular weight excluding hydrogens is 228 g/mol. The molecule has 4 nitrogen and oxygen atoms in total. The first-order chi connectivity index (χ1) is 8.67. The number of rotatable bonds is 5. The topological polar surface area (TPSA) is 62.1 Å². The van der Waals surface area contributed by atoms with E-state index in [2.05, 4.69) is 5.32 Å². The predicted octanol–water partition coefficient (Wildman–Crippen LogP) is 2.48. The summed E-state index contributed by atoms with van der Waals surface area (Å²) in [4.78, 5) is 11.7. The number of nitriles is 1. The van der Waals surface area contributed by atoms with Crippen LogP contribution in [0.4, 0.5) is 5.69 Å². The molecule has 0 saturated carbocycles. The summed E-state index contributed by atoms with van der Waals surface area (Å²) in [6, 6.07) is 8.71. The molecule has 94 valence electrons. The Labute approximate surface area is 107 Å². The molecule has 1 rings (SSSR count). The van der Waals surface area contributed by atoms with Crippen LogP contribution in [-0.4, -0.2) is 18.6 Å². The Balaban J connectivity index is 2.50. The molecule has 1 unspecified atom stereocenters. The molecule has 4 heteroatoms. The normalized spacial score (nSPS) is 12.1. The summed E-state index contributed by atoms with van der Waals surface area (Å²) in [6.07, 6.45) is 3.19. The smallest absolute Gasteiger partial charge is 0.253 e. The fraction of sp³-hybridized carbons (Fsp3) is 0.286. The van der Waals surface area contributed by atoms with Crippen molar-refractivity contribution in [3.8, 4) is 6.07 Å². The van der Waals surface area contributed by atoms with Gasteiger partial charge in [-0.1, -0.05) is 12.2 Å². The van der Waals surface area contributed by atoms with Gasteiger partial charge < -0.3 is 10.1 Å². The second-order valence-corrected chi connectivity index (χ2v) is 3.72. The first-order valence-electron chi connectivity index (χ1n) is 5.71. The highest BCUT2D eigenvalue weighted by Gasteiger charge is 2.12. The summed E-state index contributed by atoms with van der Waals surface area (Å²) in [5, 5.41) is 11.4. The van der Waals surface area contributed by atoms with Crippen LogP contribution in [0.2, 0.25) is 0 Å². The quantitative estimate of drug-likeness (QED) is 0.809. The maximum atomic E-state index is 11.7. The van der Waals surface area contributed by atoms with Gasteiger partial charge in [-0.2, -0.15) is 5.26 Å². The predicted molar refractivity (Wildman–Crippen MR) is 70.0 cm³/mol. The van der Waals surface area contributed by atoms with E-state index in [0.29, 0.717) is 17.9 Å². The number of hydrogen-bond donors (Lipinski definition) is 1. The van der Waals surface area contributed by atoms with E-state index in [1.807, 2.05) is 25.1 Å². The van der Waals surface area contributed by atoms with E-state index in [1.54, 1.807) is 31.2 Å². The molecule has 18 heavy (non-hydrogen) atoms. The van der Waals surface area contributed by atoms with Gasteiger partial charge in [0, 0.05) is 5.69 Å². The monoisotopic (exact) mass is 244 g/mol. The van der Waals surface area contributed by atoms with Crippen LogP contribution in [0.1, 0.15) is 19.4 Å². The van der Waals surface area contributed by atoms with E-state index in [1.165, 1.54) is 0 Å². The summed E-state index contributed by atoms with van der Waals surface area (Å²) < 4.78 is 5.31. The molecule has 0 spiro atoms. The third-order valence-electron chi connectivity index (χ3n) is 2.33. The molecule has 0 heterocycles. The number of hydrogen-bond acceptors (Lipinski definition) is 3. The average Bonchev–Trinajstić information content (AvgIpc) is 2.39. The van der Waals surface area contributed by atoms with Crippen LogP contribution in [0, 0.1) is 11.3 Å². The third-order valence-corrected chi connectivity index (χ3v) is 2.33. The molecule has 0 fully saturated rings. The number of allylic oxidation sites excluding steroid dienone is 1. The van der Waals surface area contributed by atoms with E-state index in [4.69, 9.17) is 10.00 Å². The van der Waals surface area contributed by atoms with Gasteiger partial charge in [0.15, 0.2) is 0 Å². The molecule has 0 saturated heterocycles. The standard InChI is InChI=1S/C14H16N2O2/c1-3-4-9-18-11(2)14(17)16-13-7-5-12(10-15)6-8-13/h3-8,11H,9H2,1-2H3,(H,16,17). The first-order valence-corrected chi connectivity index (χ1v) is 5.71. The lowest BCUT2D eigenvalue weighted by molar-refractivity contribution is -0.125. The Hall–Kier alpha value is -2.12. The van der Waals surface area contributed by atoms with Gasteiger partial charge in [-0.15, -0.1) is 0 Å². The van der Waals surface area contributed by atoms with Crippen LogP contribution in [0.3, 0.4) is 0 Å². The number of carbonyl (C=O) groups is 1. The van der Waals surface area contributed by atoms with Crippen molar-refractivity contribution in [3.63, 3.8) is 0 Å². The largest absolute Gasteiger partial charge is 0.365 e. The molecule has 1 N–H and O–H groups in total. The maximum Gasteiger partial charge on any atom is 0.253 e. The van der Waals surface area contributed by atoms with E-state index in [-0.39, 0.29) is 5.91 Å². The van der Waals surface area contributed by atoms with E-state index in [9.17, 15) is 4.79 Å². The summed E-state index contributed by atoms with van der Waals surface area (Å²) in [5.74, 6) is -0.204. The van der Waals surface area contributed by atoms with Gasteiger partial charge in [-0.3, -0.25) is 4.79 Å². The number of nitrogens with one attached hydrogen (secondary N) is 1. The lowest BCUT2D eigenvalue weighted by Crippen LogP contribution is -2.27. The van der Waals surface area contributed by atoms with Crippen molar-refractivity contribution in [2.24, 2.45) is 0 Å². The Morgan fingerprint density at radius 1 is 1.50 bits per heavy atom. The van der Waals surface area contributed by atoms with E-state index >= 15 is 0 Å². The van der Waals surface area contributed by atoms with Gasteiger partial charge in [-0.25, -0.2) is 0 Å². The molecule has 0 aliphatic heterocycles. The number of carbonyl (C=O) groups excluding carboxylic acids is 1. The third kappa shape index (κ3) is 4.40. The fourth-order valence-electron chi connectivity index (χ4n) is 1.24. The lowest BCUT2D eigenvalue weighted by Gasteiger charge is -2.12. The average molecular weight is 244 g/mol. The Bertz CT molecular complexity index is 458. The highest BCUT2D eigenvalue weighted by molar-refractivity contribution is 5.93. The van der Waals surface area contributed by atoms with Crippen molar-refractivity contribution in [2.75, 3.05) is 11.9 Å². The molecule has 1 aromatic rings. The minimum Gasteiger partial charge on any atom is -0.365 e. The maximum absolute atomic E-state index is 11.7. The van der Waals surface area contributed by atoms with Crippen LogP contribution >= 0.6 is 0 Å². The Morgan fingerprint density at radius 2 is 2.17 bits per heavy atom. The lowest BCUT2D eigenvalue weighted by atomic mass is 10.2. The van der Waals surface area contributed by atoms with Crippen LogP contribution in [-0.2, 0) is 9.53 Å². The van der Waals surface area contributed by atoms with Crippen molar-refractivity contribution < 1.29 is 9.53 Å². The molecule has 1 atom stereocenters. The van der Waals surface area contributed by atoms with Crippen molar-refractivity contribution >= 4 is 11.6 Å². The van der Waals surface area contributed by atoms with Crippen LogP contribution in [0.5, 0.6) is 0 Å². The van der Waals surface area contributed by atoms with Crippen molar-refractivity contribution in [2.45, 2.75) is 20.0 Å². The van der Waals surface area contributed by atoms with Crippen molar-refractivity contribution in [1.29, 1.82) is 5.26 Å². The van der Waals surface area contributed by atoms with Gasteiger partial charge in [0.2, 0.25) is 0 Å². The van der Waals surface area contributed by atoms with Gasteiger partial charge in [0.1, 0.15) is 6.10 Å². The highest BCUT2D eigenvalue weighted by atomic mass is 16.5. The highest BCUT2D eigenvalue weighted by Crippen LogP contribution is 2.09. The van der Waals surface area contributed by atoms with Crippen LogP contribution < -0.4 is 5.32 Å². The molecule has 0 aromatic heterocycles. The van der Waals surface area contributed by atoms with E-state index in [0.717, 1.165) is 0 Å². The van der Waals surface area contributed by atoms with Gasteiger partial charge >= 0.3 is 0 Å². The number of benzene rings is 1. The SMILES string of the molecule is CC=CCOC(C)C(=O)Nc1ccc(C#N)cc1. The number of nitrogens with zero attached hydrogens (tertiary/aromatic N) is 1. The van der Waals surface area contributed by atoms with Gasteiger partial charge in [-0.05, 0) is 38.1 Å². The molecule has 1 amide bonds. The number of ether oxygens (including phenoxy) is 1. The zero-order valence-corrected chi connectivity index (χ0v) is 10.5. The molecule has 0 radical (unpaired) electrons. The zero-order chi connectivity index (χ0) is 13.4. The minimum atomic E-state index is -0.517. The molecular formula is C14H16N2O2. The van der Waals surface area contributed by atoms with E-state index < -0.39 is 6.10 Å². The minimum absolute atomic E-state index is 0.204. The Morgan fingerprint density at radius 3 is 2.72 bits per heavy atom. The number of anilines is 1. The van der Waals surface area contributed by atoms with Crippen LogP contribution in [0.25, 0.3) is 0 Å². The molecule has 0 bridgehead atoms.